The summed E-state index contributed by atoms with van der Waals surface area (Å²) in [5, 5.41) is 20.0. The summed E-state index contributed by atoms with van der Waals surface area (Å²) in [7, 11) is 0. The van der Waals surface area contributed by atoms with Crippen LogP contribution in [0.25, 0.3) is 33.1 Å². The van der Waals surface area contributed by atoms with Crippen LogP contribution in [-0.4, -0.2) is 31.5 Å². The quantitative estimate of drug-likeness (QED) is 0.294. The summed E-state index contributed by atoms with van der Waals surface area (Å²) in [4.78, 5) is 17.7. The fraction of sp³-hybridized carbons (Fsp3) is 0.100. The molecule has 0 fully saturated rings. The van der Waals surface area contributed by atoms with Crippen molar-refractivity contribution in [2.24, 2.45) is 0 Å². The maximum absolute atomic E-state index is 13.0. The number of fused-ring (bicyclic) bond motifs is 2. The smallest absolute Gasteiger partial charge is 0.251 e. The standard InChI is InChI=1S/C30H24N6O2/c1-19(20-6-9-23(10-7-20)29-33-35-36-34-29)31-30(37)24-11-8-21-13-15-27(17-25(21)16-24)38-18-26-14-12-22-4-2-3-5-28(22)32-26/h2-17,19H,18H2,1H3,(H,31,37)(H,33,34,35,36). The summed E-state index contributed by atoms with van der Waals surface area (Å²) in [6.07, 6.45) is 0. The minimum atomic E-state index is -0.177. The molecule has 0 saturated heterocycles. The van der Waals surface area contributed by atoms with Crippen LogP contribution in [0.2, 0.25) is 0 Å². The number of amides is 1. The molecule has 6 rings (SSSR count). The van der Waals surface area contributed by atoms with Gasteiger partial charge in [0.15, 0.2) is 5.82 Å². The van der Waals surface area contributed by atoms with Gasteiger partial charge in [-0.25, -0.2) is 10.1 Å². The molecule has 0 radical (unpaired) electrons. The number of hydrogen-bond donors (Lipinski definition) is 2. The topological polar surface area (TPSA) is 106 Å². The third-order valence-corrected chi connectivity index (χ3v) is 6.49. The predicted molar refractivity (Wildman–Crippen MR) is 146 cm³/mol. The van der Waals surface area contributed by atoms with E-state index in [1.165, 1.54) is 0 Å². The lowest BCUT2D eigenvalue weighted by atomic mass is 10.0. The van der Waals surface area contributed by atoms with Gasteiger partial charge in [0, 0.05) is 16.5 Å². The van der Waals surface area contributed by atoms with Gasteiger partial charge in [-0.2, -0.15) is 0 Å². The highest BCUT2D eigenvalue weighted by atomic mass is 16.5. The molecule has 0 bridgehead atoms. The second-order valence-electron chi connectivity index (χ2n) is 9.07. The predicted octanol–water partition coefficient (Wildman–Crippen LogP) is 5.64. The summed E-state index contributed by atoms with van der Waals surface area (Å²) in [6.45, 7) is 2.32. The number of benzene rings is 4. The van der Waals surface area contributed by atoms with Crippen LogP contribution in [0.1, 0.15) is 34.6 Å². The summed E-state index contributed by atoms with van der Waals surface area (Å²) in [5.74, 6) is 1.18. The van der Waals surface area contributed by atoms with Gasteiger partial charge in [0.05, 0.1) is 17.3 Å². The number of pyridine rings is 1. The molecule has 2 aromatic heterocycles. The molecule has 2 heterocycles. The van der Waals surface area contributed by atoms with Gasteiger partial charge in [0.1, 0.15) is 12.4 Å². The second kappa shape index (κ2) is 10.1. The average molecular weight is 501 g/mol. The van der Waals surface area contributed by atoms with E-state index in [0.717, 1.165) is 44.2 Å². The van der Waals surface area contributed by atoms with Crippen molar-refractivity contribution in [2.75, 3.05) is 0 Å². The molecule has 6 aromatic rings. The van der Waals surface area contributed by atoms with E-state index in [1.54, 1.807) is 0 Å². The van der Waals surface area contributed by atoms with Crippen molar-refractivity contribution in [1.82, 2.24) is 30.9 Å². The number of tetrazole rings is 1. The van der Waals surface area contributed by atoms with Gasteiger partial charge >= 0.3 is 0 Å². The number of nitrogens with zero attached hydrogens (tertiary/aromatic N) is 4. The van der Waals surface area contributed by atoms with E-state index in [4.69, 9.17) is 4.74 Å². The van der Waals surface area contributed by atoms with E-state index >= 15 is 0 Å². The van der Waals surface area contributed by atoms with E-state index in [0.29, 0.717) is 18.0 Å². The third kappa shape index (κ3) is 4.92. The number of H-pyrrole nitrogens is 1. The molecule has 186 valence electrons. The van der Waals surface area contributed by atoms with Gasteiger partial charge in [-0.05, 0) is 70.1 Å². The minimum Gasteiger partial charge on any atom is -0.487 e. The Kier molecular flexibility index (Phi) is 6.19. The molecule has 1 amide bonds. The molecule has 2 N–H and O–H groups in total. The average Bonchev–Trinajstić information content (AvgIpc) is 3.51. The molecule has 0 saturated carbocycles. The first-order valence-corrected chi connectivity index (χ1v) is 12.3. The Hall–Kier alpha value is -5.11. The number of ether oxygens (including phenoxy) is 1. The zero-order valence-corrected chi connectivity index (χ0v) is 20.6. The first-order chi connectivity index (χ1) is 18.6. The van der Waals surface area contributed by atoms with E-state index < -0.39 is 0 Å². The van der Waals surface area contributed by atoms with Crippen LogP contribution in [-0.2, 0) is 6.61 Å². The number of aromatic nitrogens is 5. The Bertz CT molecular complexity index is 1730. The monoisotopic (exact) mass is 500 g/mol. The summed E-state index contributed by atoms with van der Waals surface area (Å²) >= 11 is 0. The van der Waals surface area contributed by atoms with Crippen LogP contribution in [0.4, 0.5) is 0 Å². The first kappa shape index (κ1) is 23.3. The molecule has 1 unspecified atom stereocenters. The van der Waals surface area contributed by atoms with Crippen LogP contribution in [0.3, 0.4) is 0 Å². The molecule has 8 heteroatoms. The maximum Gasteiger partial charge on any atom is 0.251 e. The third-order valence-electron chi connectivity index (χ3n) is 6.49. The summed E-state index contributed by atoms with van der Waals surface area (Å²) in [6, 6.07) is 31.2. The maximum atomic E-state index is 13.0. The van der Waals surface area contributed by atoms with Crippen LogP contribution in [0.15, 0.2) is 97.1 Å². The van der Waals surface area contributed by atoms with Crippen molar-refractivity contribution in [1.29, 1.82) is 0 Å². The number of para-hydroxylation sites is 1. The molecular formula is C30H24N6O2. The van der Waals surface area contributed by atoms with Gasteiger partial charge < -0.3 is 10.1 Å². The summed E-state index contributed by atoms with van der Waals surface area (Å²) in [5.41, 5.74) is 4.24. The number of rotatable bonds is 7. The molecule has 0 spiro atoms. The van der Waals surface area contributed by atoms with Gasteiger partial charge in [-0.3, -0.25) is 4.79 Å². The number of hydrogen-bond acceptors (Lipinski definition) is 6. The Labute approximate surface area is 218 Å². The minimum absolute atomic E-state index is 0.144. The Morgan fingerprint density at radius 2 is 1.71 bits per heavy atom. The van der Waals surface area contributed by atoms with E-state index in [-0.39, 0.29) is 11.9 Å². The molecule has 38 heavy (non-hydrogen) atoms. The fourth-order valence-electron chi connectivity index (χ4n) is 4.38. The Balaban J connectivity index is 1.14. The van der Waals surface area contributed by atoms with E-state index in [2.05, 4.69) is 37.0 Å². The number of aromatic amines is 1. The number of carbonyl (C=O) groups is 1. The lowest BCUT2D eigenvalue weighted by molar-refractivity contribution is 0.0940. The van der Waals surface area contributed by atoms with Gasteiger partial charge in [0.2, 0.25) is 0 Å². The van der Waals surface area contributed by atoms with Gasteiger partial charge in [0.25, 0.3) is 5.91 Å². The van der Waals surface area contributed by atoms with Crippen LogP contribution in [0.5, 0.6) is 5.75 Å². The van der Waals surface area contributed by atoms with Crippen molar-refractivity contribution >= 4 is 27.6 Å². The Morgan fingerprint density at radius 1 is 0.895 bits per heavy atom. The highest BCUT2D eigenvalue weighted by molar-refractivity contribution is 5.99. The summed E-state index contributed by atoms with van der Waals surface area (Å²) < 4.78 is 6.03. The molecule has 4 aromatic carbocycles. The molecule has 0 aliphatic carbocycles. The van der Waals surface area contributed by atoms with Gasteiger partial charge in [-0.15, -0.1) is 5.10 Å². The molecular weight excluding hydrogens is 476 g/mol. The molecule has 0 aliphatic rings. The second-order valence-corrected chi connectivity index (χ2v) is 9.07. The van der Waals surface area contributed by atoms with E-state index in [9.17, 15) is 4.79 Å². The molecule has 1 atom stereocenters. The lowest BCUT2D eigenvalue weighted by Crippen LogP contribution is -2.26. The number of nitrogens with one attached hydrogen (secondary N) is 2. The highest BCUT2D eigenvalue weighted by Crippen LogP contribution is 2.24. The van der Waals surface area contributed by atoms with Crippen molar-refractivity contribution in [2.45, 2.75) is 19.6 Å². The van der Waals surface area contributed by atoms with E-state index in [1.807, 2.05) is 97.9 Å². The van der Waals surface area contributed by atoms with Crippen molar-refractivity contribution in [3.05, 3.63) is 114 Å². The zero-order chi connectivity index (χ0) is 25.9. The van der Waals surface area contributed by atoms with Crippen molar-refractivity contribution in [3.8, 4) is 17.1 Å². The first-order valence-electron chi connectivity index (χ1n) is 12.3. The highest BCUT2D eigenvalue weighted by Gasteiger charge is 2.13. The lowest BCUT2D eigenvalue weighted by Gasteiger charge is -2.15. The van der Waals surface area contributed by atoms with Crippen LogP contribution < -0.4 is 10.1 Å². The van der Waals surface area contributed by atoms with Gasteiger partial charge in [-0.1, -0.05) is 60.7 Å². The van der Waals surface area contributed by atoms with Crippen LogP contribution >= 0.6 is 0 Å². The molecule has 8 nitrogen and oxygen atoms in total. The SMILES string of the molecule is CC(NC(=O)c1ccc2ccc(OCc3ccc4ccccc4n3)cc2c1)c1ccc(-c2nnn[nH]2)cc1. The number of carbonyl (C=O) groups excluding carboxylic acids is 1. The largest absolute Gasteiger partial charge is 0.487 e. The Morgan fingerprint density at radius 3 is 2.55 bits per heavy atom. The molecule has 0 aliphatic heterocycles. The van der Waals surface area contributed by atoms with Crippen molar-refractivity contribution < 1.29 is 9.53 Å². The normalized spacial score (nSPS) is 11.9. The fourth-order valence-corrected chi connectivity index (χ4v) is 4.38. The van der Waals surface area contributed by atoms with Crippen LogP contribution in [0, 0.1) is 0 Å². The zero-order valence-electron chi connectivity index (χ0n) is 20.6. The van der Waals surface area contributed by atoms with Crippen molar-refractivity contribution in [3.63, 3.8) is 0 Å².